The van der Waals surface area contributed by atoms with Crippen molar-refractivity contribution in [3.05, 3.63) is 59.7 Å². The summed E-state index contributed by atoms with van der Waals surface area (Å²) in [5.41, 5.74) is 2.07. The highest BCUT2D eigenvalue weighted by molar-refractivity contribution is 5.95. The van der Waals surface area contributed by atoms with Crippen LogP contribution >= 0.6 is 0 Å². The van der Waals surface area contributed by atoms with Gasteiger partial charge in [0.2, 0.25) is 5.91 Å². The van der Waals surface area contributed by atoms with Gasteiger partial charge in [-0.1, -0.05) is 18.2 Å². The molecule has 0 spiro atoms. The maximum absolute atomic E-state index is 12.2. The van der Waals surface area contributed by atoms with E-state index in [2.05, 4.69) is 10.6 Å². The molecule has 7 nitrogen and oxygen atoms in total. The van der Waals surface area contributed by atoms with Crippen LogP contribution < -0.4 is 10.6 Å². The maximum Gasteiger partial charge on any atom is 0.335 e. The SMILES string of the molecule is O=C(CCc1ccccc1C(=O)O)Nc1ccc(NC(=O)C2CCCO2)cc1. The lowest BCUT2D eigenvalue weighted by Crippen LogP contribution is -2.26. The third-order valence-corrected chi connectivity index (χ3v) is 4.53. The second-order valence-corrected chi connectivity index (χ2v) is 6.58. The van der Waals surface area contributed by atoms with Crippen molar-refractivity contribution in [2.45, 2.75) is 31.8 Å². The Hall–Kier alpha value is -3.19. The van der Waals surface area contributed by atoms with Crippen molar-refractivity contribution >= 4 is 29.2 Å². The molecule has 2 amide bonds. The van der Waals surface area contributed by atoms with Crippen LogP contribution in [0, 0.1) is 0 Å². The zero-order valence-corrected chi connectivity index (χ0v) is 15.3. The minimum atomic E-state index is -1.00. The van der Waals surface area contributed by atoms with E-state index in [4.69, 9.17) is 4.74 Å². The predicted octanol–water partition coefficient (Wildman–Crippen LogP) is 3.07. The monoisotopic (exact) mass is 382 g/mol. The van der Waals surface area contributed by atoms with E-state index in [9.17, 15) is 19.5 Å². The number of carboxylic acid groups (broad SMARTS) is 1. The topological polar surface area (TPSA) is 105 Å². The van der Waals surface area contributed by atoms with Gasteiger partial charge in [-0.3, -0.25) is 9.59 Å². The van der Waals surface area contributed by atoms with Crippen molar-refractivity contribution in [3.8, 4) is 0 Å². The van der Waals surface area contributed by atoms with Crippen LogP contribution in [0.1, 0.15) is 35.2 Å². The molecule has 28 heavy (non-hydrogen) atoms. The van der Waals surface area contributed by atoms with Gasteiger partial charge in [0, 0.05) is 24.4 Å². The Balaban J connectivity index is 1.50. The van der Waals surface area contributed by atoms with Gasteiger partial charge in [0.15, 0.2) is 0 Å². The average molecular weight is 382 g/mol. The summed E-state index contributed by atoms with van der Waals surface area (Å²) < 4.78 is 5.34. The zero-order valence-electron chi connectivity index (χ0n) is 15.3. The number of carbonyl (C=O) groups is 3. The first-order chi connectivity index (χ1) is 13.5. The lowest BCUT2D eigenvalue weighted by molar-refractivity contribution is -0.124. The predicted molar refractivity (Wildman–Crippen MR) is 104 cm³/mol. The summed E-state index contributed by atoms with van der Waals surface area (Å²) in [6.07, 6.45) is 1.73. The molecular weight excluding hydrogens is 360 g/mol. The molecule has 1 aliphatic rings. The number of aromatic carboxylic acids is 1. The molecule has 1 heterocycles. The van der Waals surface area contributed by atoms with Gasteiger partial charge >= 0.3 is 5.97 Å². The van der Waals surface area contributed by atoms with Gasteiger partial charge in [0.25, 0.3) is 5.91 Å². The molecule has 3 N–H and O–H groups in total. The molecule has 146 valence electrons. The molecule has 1 unspecified atom stereocenters. The molecule has 1 saturated heterocycles. The van der Waals surface area contributed by atoms with E-state index in [1.807, 2.05) is 0 Å². The van der Waals surface area contributed by atoms with Crippen molar-refractivity contribution in [1.29, 1.82) is 0 Å². The molecule has 0 bridgehead atoms. The fourth-order valence-corrected chi connectivity index (χ4v) is 3.06. The Kier molecular flexibility index (Phi) is 6.39. The summed E-state index contributed by atoms with van der Waals surface area (Å²) in [4.78, 5) is 35.4. The summed E-state index contributed by atoms with van der Waals surface area (Å²) in [6.45, 7) is 0.611. The normalized spacial score (nSPS) is 15.8. The van der Waals surface area contributed by atoms with Crippen LogP contribution in [0.5, 0.6) is 0 Å². The summed E-state index contributed by atoms with van der Waals surface area (Å²) in [5, 5.41) is 14.8. The molecule has 0 radical (unpaired) electrons. The highest BCUT2D eigenvalue weighted by Crippen LogP contribution is 2.18. The summed E-state index contributed by atoms with van der Waals surface area (Å²) in [6, 6.07) is 13.5. The quantitative estimate of drug-likeness (QED) is 0.683. The third-order valence-electron chi connectivity index (χ3n) is 4.53. The van der Waals surface area contributed by atoms with Gasteiger partial charge in [-0.2, -0.15) is 0 Å². The molecule has 7 heteroatoms. The molecule has 0 aliphatic carbocycles. The van der Waals surface area contributed by atoms with Gasteiger partial charge in [-0.05, 0) is 55.2 Å². The van der Waals surface area contributed by atoms with Crippen LogP contribution in [0.15, 0.2) is 48.5 Å². The molecule has 0 saturated carbocycles. The molecule has 2 aromatic rings. The number of anilines is 2. The molecule has 1 atom stereocenters. The van der Waals surface area contributed by atoms with E-state index in [0.29, 0.717) is 30.0 Å². The maximum atomic E-state index is 12.2. The first-order valence-corrected chi connectivity index (χ1v) is 9.16. The second-order valence-electron chi connectivity index (χ2n) is 6.58. The number of ether oxygens (including phenoxy) is 1. The fourth-order valence-electron chi connectivity index (χ4n) is 3.06. The zero-order chi connectivity index (χ0) is 19.9. The van der Waals surface area contributed by atoms with Gasteiger partial charge in [0.1, 0.15) is 6.10 Å². The lowest BCUT2D eigenvalue weighted by Gasteiger charge is -2.11. The first-order valence-electron chi connectivity index (χ1n) is 9.16. The summed E-state index contributed by atoms with van der Waals surface area (Å²) in [5.74, 6) is -1.38. The van der Waals surface area contributed by atoms with Crippen molar-refractivity contribution in [2.75, 3.05) is 17.2 Å². The van der Waals surface area contributed by atoms with E-state index < -0.39 is 12.1 Å². The van der Waals surface area contributed by atoms with Crippen LogP contribution in [0.3, 0.4) is 0 Å². The Bertz CT molecular complexity index is 857. The van der Waals surface area contributed by atoms with Crippen LogP contribution in [0.2, 0.25) is 0 Å². The number of rotatable bonds is 7. The summed E-state index contributed by atoms with van der Waals surface area (Å²) >= 11 is 0. The average Bonchev–Trinajstić information content (AvgIpc) is 3.23. The van der Waals surface area contributed by atoms with Crippen molar-refractivity contribution in [1.82, 2.24) is 0 Å². The van der Waals surface area contributed by atoms with Gasteiger partial charge in [0.05, 0.1) is 5.56 Å². The van der Waals surface area contributed by atoms with Crippen LogP contribution in [-0.2, 0) is 20.7 Å². The number of hydrogen-bond donors (Lipinski definition) is 3. The highest BCUT2D eigenvalue weighted by atomic mass is 16.5. The number of benzene rings is 2. The number of amides is 2. The van der Waals surface area contributed by atoms with Crippen LogP contribution in [0.25, 0.3) is 0 Å². The third kappa shape index (κ3) is 5.17. The first kappa shape index (κ1) is 19.6. The largest absolute Gasteiger partial charge is 0.478 e. The van der Waals surface area contributed by atoms with Crippen molar-refractivity contribution in [2.24, 2.45) is 0 Å². The molecule has 3 rings (SSSR count). The summed E-state index contributed by atoms with van der Waals surface area (Å²) in [7, 11) is 0. The Labute approximate surface area is 162 Å². The van der Waals surface area contributed by atoms with Crippen molar-refractivity contribution < 1.29 is 24.2 Å². The van der Waals surface area contributed by atoms with E-state index in [-0.39, 0.29) is 23.8 Å². The number of nitrogens with one attached hydrogen (secondary N) is 2. The fraction of sp³-hybridized carbons (Fsp3) is 0.286. The molecular formula is C21H22N2O5. The standard InChI is InChI=1S/C21H22N2O5/c24-19(12-7-14-4-1-2-5-17(14)21(26)27)22-15-8-10-16(11-9-15)23-20(25)18-6-3-13-28-18/h1-2,4-5,8-11,18H,3,6-7,12-13H2,(H,22,24)(H,23,25)(H,26,27). The Morgan fingerprint density at radius 1 is 1.00 bits per heavy atom. The number of aryl methyl sites for hydroxylation is 1. The van der Waals surface area contributed by atoms with E-state index in [1.165, 1.54) is 6.07 Å². The molecule has 1 aliphatic heterocycles. The highest BCUT2D eigenvalue weighted by Gasteiger charge is 2.23. The van der Waals surface area contributed by atoms with Gasteiger partial charge < -0.3 is 20.5 Å². The number of carbonyl (C=O) groups excluding carboxylic acids is 2. The minimum Gasteiger partial charge on any atom is -0.478 e. The van der Waals surface area contributed by atoms with E-state index in [0.717, 1.165) is 12.8 Å². The smallest absolute Gasteiger partial charge is 0.335 e. The van der Waals surface area contributed by atoms with Gasteiger partial charge in [-0.15, -0.1) is 0 Å². The van der Waals surface area contributed by atoms with E-state index >= 15 is 0 Å². The second kappa shape index (κ2) is 9.14. The van der Waals surface area contributed by atoms with Gasteiger partial charge in [-0.25, -0.2) is 4.79 Å². The molecule has 0 aromatic heterocycles. The lowest BCUT2D eigenvalue weighted by atomic mass is 10.0. The molecule has 2 aromatic carbocycles. The number of hydrogen-bond acceptors (Lipinski definition) is 4. The number of carboxylic acids is 1. The Morgan fingerprint density at radius 2 is 1.68 bits per heavy atom. The van der Waals surface area contributed by atoms with Crippen LogP contribution in [0.4, 0.5) is 11.4 Å². The van der Waals surface area contributed by atoms with E-state index in [1.54, 1.807) is 42.5 Å². The molecule has 1 fully saturated rings. The minimum absolute atomic E-state index is 0.161. The van der Waals surface area contributed by atoms with Crippen molar-refractivity contribution in [3.63, 3.8) is 0 Å². The van der Waals surface area contributed by atoms with Crippen LogP contribution in [-0.4, -0.2) is 35.6 Å². The Morgan fingerprint density at radius 3 is 2.32 bits per heavy atom.